The summed E-state index contributed by atoms with van der Waals surface area (Å²) >= 11 is 0. The van der Waals surface area contributed by atoms with Crippen LogP contribution in [0.4, 0.5) is 0 Å². The van der Waals surface area contributed by atoms with Crippen LogP contribution < -0.4 is 5.32 Å². The Morgan fingerprint density at radius 2 is 2.39 bits per heavy atom. The first-order valence-electron chi connectivity index (χ1n) is 5.60. The Morgan fingerprint density at radius 1 is 1.67 bits per heavy atom. The molecule has 2 rings (SSSR count). The average molecular weight is 254 g/mol. The summed E-state index contributed by atoms with van der Waals surface area (Å²) in [7, 11) is 1.50. The van der Waals surface area contributed by atoms with E-state index in [2.05, 4.69) is 10.5 Å². The van der Waals surface area contributed by atoms with Gasteiger partial charge in [-0.3, -0.25) is 4.79 Å². The number of methoxy groups -OCH3 is 1. The fraction of sp³-hybridized carbons (Fsp3) is 0.545. The van der Waals surface area contributed by atoms with Crippen LogP contribution in [0.1, 0.15) is 29.1 Å². The molecular formula is C11H14N2O5. The van der Waals surface area contributed by atoms with Gasteiger partial charge in [-0.05, 0) is 18.8 Å². The predicted molar refractivity (Wildman–Crippen MR) is 58.8 cm³/mol. The Bertz CT molecular complexity index is 452. The number of nitrogens with zero attached hydrogens (tertiary/aromatic N) is 1. The standard InChI is InChI=1S/C11H14N2O5/c1-17-5-7-4-8(13-18-7)10(14)12-9(11(15)16)6-2-3-6/h4,6,9H,2-3,5H2,1H3,(H,12,14)(H,15,16). The zero-order chi connectivity index (χ0) is 13.1. The van der Waals surface area contributed by atoms with Crippen LogP contribution in [0.3, 0.4) is 0 Å². The number of hydrogen-bond acceptors (Lipinski definition) is 5. The molecule has 1 atom stereocenters. The lowest BCUT2D eigenvalue weighted by molar-refractivity contribution is -0.139. The SMILES string of the molecule is COCc1cc(C(=O)NC(C(=O)O)C2CC2)no1. The molecule has 1 aromatic rings. The normalized spacial score (nSPS) is 16.3. The molecule has 0 spiro atoms. The van der Waals surface area contributed by atoms with Gasteiger partial charge < -0.3 is 19.7 Å². The van der Waals surface area contributed by atoms with Crippen molar-refractivity contribution in [3.63, 3.8) is 0 Å². The summed E-state index contributed by atoms with van der Waals surface area (Å²) in [6.45, 7) is 0.214. The van der Waals surface area contributed by atoms with E-state index in [1.807, 2.05) is 0 Å². The van der Waals surface area contributed by atoms with Crippen molar-refractivity contribution in [3.8, 4) is 0 Å². The first-order valence-corrected chi connectivity index (χ1v) is 5.60. The number of aliphatic carboxylic acids is 1. The first kappa shape index (κ1) is 12.6. The van der Waals surface area contributed by atoms with E-state index in [0.29, 0.717) is 5.76 Å². The quantitative estimate of drug-likeness (QED) is 0.762. The maximum absolute atomic E-state index is 11.8. The van der Waals surface area contributed by atoms with Crippen LogP contribution in [-0.4, -0.2) is 35.3 Å². The molecule has 1 fully saturated rings. The minimum Gasteiger partial charge on any atom is -0.480 e. The summed E-state index contributed by atoms with van der Waals surface area (Å²) in [5.74, 6) is -1.12. The number of carbonyl (C=O) groups excluding carboxylic acids is 1. The van der Waals surface area contributed by atoms with Gasteiger partial charge in [0.1, 0.15) is 12.6 Å². The van der Waals surface area contributed by atoms with E-state index in [0.717, 1.165) is 12.8 Å². The molecule has 0 saturated heterocycles. The summed E-state index contributed by atoms with van der Waals surface area (Å²) in [6, 6.07) is 0.588. The smallest absolute Gasteiger partial charge is 0.326 e. The van der Waals surface area contributed by atoms with Crippen molar-refractivity contribution in [2.45, 2.75) is 25.5 Å². The van der Waals surface area contributed by atoms with E-state index >= 15 is 0 Å². The Kier molecular flexibility index (Phi) is 3.61. The first-order chi connectivity index (χ1) is 8.61. The molecule has 7 nitrogen and oxygen atoms in total. The van der Waals surface area contributed by atoms with Gasteiger partial charge in [0.05, 0.1) is 0 Å². The van der Waals surface area contributed by atoms with Gasteiger partial charge in [0.25, 0.3) is 5.91 Å². The van der Waals surface area contributed by atoms with Gasteiger partial charge in [0, 0.05) is 13.2 Å². The Balaban J connectivity index is 1.99. The maximum Gasteiger partial charge on any atom is 0.326 e. The highest BCUT2D eigenvalue weighted by Crippen LogP contribution is 2.32. The van der Waals surface area contributed by atoms with Gasteiger partial charge >= 0.3 is 5.97 Å². The van der Waals surface area contributed by atoms with E-state index in [-0.39, 0.29) is 18.2 Å². The molecule has 1 aliphatic rings. The molecule has 1 aliphatic carbocycles. The molecule has 0 aliphatic heterocycles. The number of hydrogen-bond donors (Lipinski definition) is 2. The lowest BCUT2D eigenvalue weighted by Crippen LogP contribution is -2.42. The van der Waals surface area contributed by atoms with Crippen LogP contribution in [0, 0.1) is 5.92 Å². The molecule has 1 aromatic heterocycles. The highest BCUT2D eigenvalue weighted by atomic mass is 16.5. The Morgan fingerprint density at radius 3 is 2.94 bits per heavy atom. The largest absolute Gasteiger partial charge is 0.480 e. The fourth-order valence-electron chi connectivity index (χ4n) is 1.66. The number of nitrogens with one attached hydrogen (secondary N) is 1. The summed E-state index contributed by atoms with van der Waals surface area (Å²) < 4.78 is 9.69. The van der Waals surface area contributed by atoms with Crippen molar-refractivity contribution in [2.24, 2.45) is 5.92 Å². The van der Waals surface area contributed by atoms with Crippen molar-refractivity contribution in [1.29, 1.82) is 0 Å². The zero-order valence-electron chi connectivity index (χ0n) is 9.88. The van der Waals surface area contributed by atoms with Gasteiger partial charge in [0.2, 0.25) is 0 Å². The van der Waals surface area contributed by atoms with Crippen LogP contribution in [-0.2, 0) is 16.1 Å². The molecule has 98 valence electrons. The summed E-state index contributed by atoms with van der Waals surface area (Å²) in [5, 5.41) is 15.0. The van der Waals surface area contributed by atoms with Crippen molar-refractivity contribution < 1.29 is 24.0 Å². The van der Waals surface area contributed by atoms with Gasteiger partial charge in [-0.1, -0.05) is 5.16 Å². The van der Waals surface area contributed by atoms with Crippen LogP contribution in [0.2, 0.25) is 0 Å². The van der Waals surface area contributed by atoms with E-state index in [1.165, 1.54) is 13.2 Å². The lowest BCUT2D eigenvalue weighted by atomic mass is 10.2. The van der Waals surface area contributed by atoms with Crippen molar-refractivity contribution in [2.75, 3.05) is 7.11 Å². The molecule has 0 radical (unpaired) electrons. The summed E-state index contributed by atoms with van der Waals surface area (Å²) in [5.41, 5.74) is 0.0638. The Labute approximate surface area is 103 Å². The van der Waals surface area contributed by atoms with Gasteiger partial charge in [-0.2, -0.15) is 0 Å². The molecule has 18 heavy (non-hydrogen) atoms. The second-order valence-electron chi connectivity index (χ2n) is 4.24. The van der Waals surface area contributed by atoms with Gasteiger partial charge in [0.15, 0.2) is 11.5 Å². The van der Waals surface area contributed by atoms with Crippen LogP contribution in [0.5, 0.6) is 0 Å². The minimum absolute atomic E-state index is 0.0248. The number of carbonyl (C=O) groups is 2. The van der Waals surface area contributed by atoms with E-state index in [9.17, 15) is 9.59 Å². The molecule has 1 unspecified atom stereocenters. The third-order valence-corrected chi connectivity index (χ3v) is 2.72. The van der Waals surface area contributed by atoms with Gasteiger partial charge in [-0.15, -0.1) is 0 Å². The minimum atomic E-state index is -1.02. The number of rotatable bonds is 6. The van der Waals surface area contributed by atoms with E-state index in [1.54, 1.807) is 0 Å². The van der Waals surface area contributed by atoms with Crippen LogP contribution in [0.15, 0.2) is 10.6 Å². The third kappa shape index (κ3) is 2.86. The molecular weight excluding hydrogens is 240 g/mol. The van der Waals surface area contributed by atoms with Crippen molar-refractivity contribution in [3.05, 3.63) is 17.5 Å². The number of ether oxygens (including phenoxy) is 1. The molecule has 0 bridgehead atoms. The highest BCUT2D eigenvalue weighted by molar-refractivity contribution is 5.95. The monoisotopic (exact) mass is 254 g/mol. The number of carboxylic acid groups (broad SMARTS) is 1. The highest BCUT2D eigenvalue weighted by Gasteiger charge is 2.37. The summed E-state index contributed by atoms with van der Waals surface area (Å²) in [6.07, 6.45) is 1.65. The maximum atomic E-state index is 11.8. The van der Waals surface area contributed by atoms with Crippen LogP contribution >= 0.6 is 0 Å². The molecule has 2 N–H and O–H groups in total. The third-order valence-electron chi connectivity index (χ3n) is 2.72. The second kappa shape index (κ2) is 5.18. The molecule has 1 heterocycles. The second-order valence-corrected chi connectivity index (χ2v) is 4.24. The van der Waals surface area contributed by atoms with E-state index < -0.39 is 17.9 Å². The molecule has 1 amide bonds. The molecule has 1 saturated carbocycles. The lowest BCUT2D eigenvalue weighted by Gasteiger charge is -2.11. The predicted octanol–water partition coefficient (Wildman–Crippen LogP) is 0.414. The Hall–Kier alpha value is -1.89. The van der Waals surface area contributed by atoms with Crippen LogP contribution in [0.25, 0.3) is 0 Å². The van der Waals surface area contributed by atoms with Crippen molar-refractivity contribution >= 4 is 11.9 Å². The summed E-state index contributed by atoms with van der Waals surface area (Å²) in [4.78, 5) is 22.7. The number of carboxylic acids is 1. The van der Waals surface area contributed by atoms with Gasteiger partial charge in [-0.25, -0.2) is 4.79 Å². The number of aromatic nitrogens is 1. The van der Waals surface area contributed by atoms with E-state index in [4.69, 9.17) is 14.4 Å². The average Bonchev–Trinajstić information content (AvgIpc) is 3.05. The van der Waals surface area contributed by atoms with Crippen molar-refractivity contribution in [1.82, 2.24) is 10.5 Å². The molecule has 0 aromatic carbocycles. The topological polar surface area (TPSA) is 102 Å². The molecule has 7 heteroatoms. The number of amides is 1. The zero-order valence-corrected chi connectivity index (χ0v) is 9.88. The fourth-order valence-corrected chi connectivity index (χ4v) is 1.66.